The Morgan fingerprint density at radius 1 is 1.35 bits per heavy atom. The van der Waals surface area contributed by atoms with Crippen molar-refractivity contribution >= 4 is 21.2 Å². The predicted octanol–water partition coefficient (Wildman–Crippen LogP) is 2.11. The van der Waals surface area contributed by atoms with E-state index >= 15 is 0 Å². The van der Waals surface area contributed by atoms with E-state index in [2.05, 4.69) is 5.32 Å². The topological polar surface area (TPSA) is 89.3 Å². The van der Waals surface area contributed by atoms with E-state index in [1.807, 2.05) is 0 Å². The summed E-state index contributed by atoms with van der Waals surface area (Å²) >= 11 is 0. The van der Waals surface area contributed by atoms with Gasteiger partial charge in [-0.05, 0) is 6.92 Å². The lowest BCUT2D eigenvalue weighted by molar-refractivity contribution is -0.387. The largest absolute Gasteiger partial charge is 0.379 e. The van der Waals surface area contributed by atoms with Crippen LogP contribution in [0.4, 0.5) is 20.2 Å². The lowest BCUT2D eigenvalue weighted by Gasteiger charge is -2.15. The van der Waals surface area contributed by atoms with Crippen LogP contribution in [0.15, 0.2) is 12.1 Å². The second-order valence-corrected chi connectivity index (χ2v) is 6.68. The van der Waals surface area contributed by atoms with Gasteiger partial charge in [0.05, 0.1) is 16.4 Å². The molecule has 0 spiro atoms. The first-order valence-corrected chi connectivity index (χ1v) is 7.58. The third-order valence-electron chi connectivity index (χ3n) is 2.58. The van der Waals surface area contributed by atoms with Crippen LogP contribution in [0, 0.1) is 21.7 Å². The third kappa shape index (κ3) is 4.12. The van der Waals surface area contributed by atoms with Crippen molar-refractivity contribution in [2.24, 2.45) is 0 Å². The Kier molecular flexibility index (Phi) is 4.98. The zero-order valence-corrected chi connectivity index (χ0v) is 11.7. The summed E-state index contributed by atoms with van der Waals surface area (Å²) in [5.41, 5.74) is -1.18. The van der Waals surface area contributed by atoms with Crippen molar-refractivity contribution in [2.75, 3.05) is 16.8 Å². The Labute approximate surface area is 114 Å². The molecule has 0 saturated carbocycles. The first-order valence-electron chi connectivity index (χ1n) is 5.76. The highest BCUT2D eigenvalue weighted by molar-refractivity contribution is 7.91. The molecule has 1 aromatic rings. The van der Waals surface area contributed by atoms with Crippen LogP contribution in [0.5, 0.6) is 0 Å². The molecular formula is C11H14F2N2O4S. The fourth-order valence-electron chi connectivity index (χ4n) is 1.59. The van der Waals surface area contributed by atoms with Gasteiger partial charge >= 0.3 is 5.69 Å². The minimum absolute atomic E-state index is 0.0644. The number of halogens is 2. The van der Waals surface area contributed by atoms with Crippen molar-refractivity contribution < 1.29 is 22.1 Å². The molecule has 1 N–H and O–H groups in total. The molecule has 6 nitrogen and oxygen atoms in total. The van der Waals surface area contributed by atoms with Gasteiger partial charge < -0.3 is 5.32 Å². The number of rotatable bonds is 6. The van der Waals surface area contributed by atoms with Crippen molar-refractivity contribution in [3.8, 4) is 0 Å². The molecule has 1 unspecified atom stereocenters. The number of hydrogen-bond acceptors (Lipinski definition) is 5. The van der Waals surface area contributed by atoms with Crippen LogP contribution >= 0.6 is 0 Å². The first-order chi connectivity index (χ1) is 9.16. The van der Waals surface area contributed by atoms with Crippen molar-refractivity contribution in [3.05, 3.63) is 33.9 Å². The van der Waals surface area contributed by atoms with Crippen LogP contribution in [-0.4, -0.2) is 30.9 Å². The average molecular weight is 308 g/mol. The number of anilines is 1. The highest BCUT2D eigenvalue weighted by Gasteiger charge is 2.20. The number of nitro benzene ring substituents is 1. The fraction of sp³-hybridized carbons (Fsp3) is 0.455. The standard InChI is InChI=1S/C11H14F2N2O4S/c1-3-20(18,19)6-7(2)14-10-5-11(15(16)17)9(13)4-8(10)12/h4-5,7,14H,3,6H2,1-2H3. The molecule has 0 bridgehead atoms. The smallest absolute Gasteiger partial charge is 0.307 e. The van der Waals surface area contributed by atoms with Crippen molar-refractivity contribution in [1.82, 2.24) is 0 Å². The van der Waals surface area contributed by atoms with Gasteiger partial charge in [0.15, 0.2) is 9.84 Å². The fourth-order valence-corrected chi connectivity index (χ4v) is 2.67. The summed E-state index contributed by atoms with van der Waals surface area (Å²) in [7, 11) is -3.28. The summed E-state index contributed by atoms with van der Waals surface area (Å²) in [6.45, 7) is 2.97. The molecule has 0 aromatic heterocycles. The zero-order valence-electron chi connectivity index (χ0n) is 10.9. The predicted molar refractivity (Wildman–Crippen MR) is 70.4 cm³/mol. The van der Waals surface area contributed by atoms with E-state index in [1.54, 1.807) is 0 Å². The summed E-state index contributed by atoms with van der Waals surface area (Å²) in [5, 5.41) is 13.1. The van der Waals surface area contributed by atoms with Gasteiger partial charge in [-0.15, -0.1) is 0 Å². The van der Waals surface area contributed by atoms with Gasteiger partial charge in [-0.3, -0.25) is 10.1 Å². The van der Waals surface area contributed by atoms with Gasteiger partial charge in [0.1, 0.15) is 5.82 Å². The van der Waals surface area contributed by atoms with Crippen molar-refractivity contribution in [2.45, 2.75) is 19.9 Å². The summed E-state index contributed by atoms with van der Waals surface area (Å²) in [4.78, 5) is 9.59. The van der Waals surface area contributed by atoms with Crippen molar-refractivity contribution in [3.63, 3.8) is 0 Å². The lowest BCUT2D eigenvalue weighted by Crippen LogP contribution is -2.27. The summed E-state index contributed by atoms with van der Waals surface area (Å²) in [6.07, 6.45) is 0. The Hall–Kier alpha value is -1.77. The van der Waals surface area contributed by atoms with Gasteiger partial charge in [0.25, 0.3) is 0 Å². The maximum absolute atomic E-state index is 13.5. The van der Waals surface area contributed by atoms with Crippen LogP contribution in [0.1, 0.15) is 13.8 Å². The molecule has 1 rings (SSSR count). The van der Waals surface area contributed by atoms with E-state index in [0.717, 1.165) is 0 Å². The molecule has 20 heavy (non-hydrogen) atoms. The molecule has 1 aromatic carbocycles. The minimum atomic E-state index is -3.28. The maximum Gasteiger partial charge on any atom is 0.307 e. The monoisotopic (exact) mass is 308 g/mol. The summed E-state index contributed by atoms with van der Waals surface area (Å²) < 4.78 is 49.5. The number of sulfone groups is 1. The normalized spacial score (nSPS) is 13.0. The van der Waals surface area contributed by atoms with E-state index in [9.17, 15) is 27.3 Å². The summed E-state index contributed by atoms with van der Waals surface area (Å²) in [5.74, 6) is -2.63. The van der Waals surface area contributed by atoms with E-state index in [0.29, 0.717) is 12.1 Å². The lowest BCUT2D eigenvalue weighted by atomic mass is 10.2. The van der Waals surface area contributed by atoms with Gasteiger partial charge in [-0.2, -0.15) is 4.39 Å². The number of nitrogens with zero attached hydrogens (tertiary/aromatic N) is 1. The highest BCUT2D eigenvalue weighted by Crippen LogP contribution is 2.25. The van der Waals surface area contributed by atoms with Gasteiger partial charge in [-0.1, -0.05) is 6.92 Å². The molecule has 0 heterocycles. The second kappa shape index (κ2) is 6.12. The molecular weight excluding hydrogens is 294 g/mol. The van der Waals surface area contributed by atoms with E-state index < -0.39 is 38.1 Å². The Morgan fingerprint density at radius 3 is 2.45 bits per heavy atom. The van der Waals surface area contributed by atoms with E-state index in [1.165, 1.54) is 13.8 Å². The molecule has 0 aliphatic carbocycles. The van der Waals surface area contributed by atoms with Crippen LogP contribution in [0.2, 0.25) is 0 Å². The molecule has 0 fully saturated rings. The van der Waals surface area contributed by atoms with Crippen LogP contribution < -0.4 is 5.32 Å². The van der Waals surface area contributed by atoms with E-state index in [-0.39, 0.29) is 17.2 Å². The summed E-state index contributed by atoms with van der Waals surface area (Å²) in [6, 6.07) is 0.431. The quantitative estimate of drug-likeness (QED) is 0.642. The Balaban J connectivity index is 2.98. The molecule has 0 radical (unpaired) electrons. The molecule has 0 saturated heterocycles. The molecule has 0 aliphatic heterocycles. The second-order valence-electron chi connectivity index (χ2n) is 4.28. The third-order valence-corrected chi connectivity index (χ3v) is 4.47. The van der Waals surface area contributed by atoms with Crippen LogP contribution in [-0.2, 0) is 9.84 Å². The Morgan fingerprint density at radius 2 is 1.95 bits per heavy atom. The van der Waals surface area contributed by atoms with Crippen LogP contribution in [0.3, 0.4) is 0 Å². The van der Waals surface area contributed by atoms with Crippen molar-refractivity contribution in [1.29, 1.82) is 0 Å². The zero-order chi connectivity index (χ0) is 15.5. The van der Waals surface area contributed by atoms with Gasteiger partial charge in [0.2, 0.25) is 5.82 Å². The Bertz CT molecular complexity index is 619. The number of hydrogen-bond donors (Lipinski definition) is 1. The van der Waals surface area contributed by atoms with Crippen LogP contribution in [0.25, 0.3) is 0 Å². The first kappa shape index (κ1) is 16.3. The molecule has 1 atom stereocenters. The van der Waals surface area contributed by atoms with Gasteiger partial charge in [0, 0.05) is 23.9 Å². The highest BCUT2D eigenvalue weighted by atomic mass is 32.2. The molecule has 9 heteroatoms. The molecule has 0 amide bonds. The average Bonchev–Trinajstić information content (AvgIpc) is 2.31. The minimum Gasteiger partial charge on any atom is -0.379 e. The number of nitro groups is 1. The molecule has 0 aliphatic rings. The maximum atomic E-state index is 13.5. The van der Waals surface area contributed by atoms with Gasteiger partial charge in [-0.25, -0.2) is 12.8 Å². The molecule has 112 valence electrons. The SMILES string of the molecule is CCS(=O)(=O)CC(C)Nc1cc([N+](=O)[O-])c(F)cc1F. The number of nitrogens with one attached hydrogen (secondary N) is 1. The van der Waals surface area contributed by atoms with E-state index in [4.69, 9.17) is 0 Å². The number of benzene rings is 1.